The molecule has 4 rings (SSSR count). The molecule has 1 saturated heterocycles. The Bertz CT molecular complexity index is 848. The van der Waals surface area contributed by atoms with Gasteiger partial charge >= 0.3 is 0 Å². The molecule has 1 fully saturated rings. The average molecular weight is 394 g/mol. The van der Waals surface area contributed by atoms with E-state index in [9.17, 15) is 0 Å². The molecule has 1 N–H and O–H groups in total. The quantitative estimate of drug-likeness (QED) is 0.549. The standard InChI is InChI=1S/C23H29N3O.C2H6/c1-27-21-11-9-20(10-12-21)26-16-14-25(15-17-26)13-5-4-6-19-18-24-23-8-3-2-7-22(19)23;1-2/h2-3,7-12,18,24H,4-6,13-17H2,1H3;1-2H3. The Morgan fingerprint density at radius 3 is 2.34 bits per heavy atom. The first-order chi connectivity index (χ1) is 14.3. The molecule has 4 heteroatoms. The lowest BCUT2D eigenvalue weighted by molar-refractivity contribution is 0.253. The molecule has 0 bridgehead atoms. The van der Waals surface area contributed by atoms with Crippen molar-refractivity contribution in [1.29, 1.82) is 0 Å². The van der Waals surface area contributed by atoms with Crippen LogP contribution in [-0.4, -0.2) is 49.7 Å². The maximum Gasteiger partial charge on any atom is 0.119 e. The molecule has 0 saturated carbocycles. The van der Waals surface area contributed by atoms with E-state index in [0.717, 1.165) is 38.3 Å². The second kappa shape index (κ2) is 10.9. The third kappa shape index (κ3) is 5.54. The number of aromatic nitrogens is 1. The molecule has 2 aromatic carbocycles. The number of hydrogen-bond donors (Lipinski definition) is 1. The topological polar surface area (TPSA) is 31.5 Å². The van der Waals surface area contributed by atoms with E-state index in [1.807, 2.05) is 26.0 Å². The number of anilines is 1. The first-order valence-corrected chi connectivity index (χ1v) is 11.0. The highest BCUT2D eigenvalue weighted by molar-refractivity contribution is 5.82. The molecule has 3 aromatic rings. The molecule has 156 valence electrons. The summed E-state index contributed by atoms with van der Waals surface area (Å²) in [5.41, 5.74) is 4.01. The zero-order valence-electron chi connectivity index (χ0n) is 18.2. The molecule has 0 atom stereocenters. The van der Waals surface area contributed by atoms with Crippen LogP contribution in [0, 0.1) is 0 Å². The molecule has 0 spiro atoms. The molecule has 0 unspecified atom stereocenters. The van der Waals surface area contributed by atoms with Gasteiger partial charge in [-0.05, 0) is 61.7 Å². The normalized spacial score (nSPS) is 14.5. The van der Waals surface area contributed by atoms with E-state index in [2.05, 4.69) is 57.4 Å². The second-order valence-corrected chi connectivity index (χ2v) is 7.34. The Morgan fingerprint density at radius 1 is 0.897 bits per heavy atom. The molecule has 0 amide bonds. The molecular formula is C25H35N3O. The van der Waals surface area contributed by atoms with Crippen molar-refractivity contribution < 1.29 is 4.74 Å². The summed E-state index contributed by atoms with van der Waals surface area (Å²) in [6.07, 6.45) is 5.86. The maximum absolute atomic E-state index is 5.25. The molecule has 2 heterocycles. The van der Waals surface area contributed by atoms with Gasteiger partial charge in [0.2, 0.25) is 0 Å². The lowest BCUT2D eigenvalue weighted by Crippen LogP contribution is -2.46. The number of ether oxygens (including phenoxy) is 1. The van der Waals surface area contributed by atoms with E-state index in [4.69, 9.17) is 4.74 Å². The van der Waals surface area contributed by atoms with Gasteiger partial charge in [0, 0.05) is 49.0 Å². The van der Waals surface area contributed by atoms with Gasteiger partial charge in [0.1, 0.15) is 5.75 Å². The van der Waals surface area contributed by atoms with E-state index < -0.39 is 0 Å². The Balaban J connectivity index is 0.00000117. The molecule has 1 aromatic heterocycles. The lowest BCUT2D eigenvalue weighted by Gasteiger charge is -2.36. The van der Waals surface area contributed by atoms with Crippen LogP contribution in [0.3, 0.4) is 0 Å². The number of piperazine rings is 1. The summed E-state index contributed by atoms with van der Waals surface area (Å²) in [7, 11) is 1.71. The number of benzene rings is 2. The van der Waals surface area contributed by atoms with E-state index in [1.165, 1.54) is 41.5 Å². The SMILES string of the molecule is CC.COc1ccc(N2CCN(CCCCc3c[nH]c4ccccc34)CC2)cc1. The average Bonchev–Trinajstić information content (AvgIpc) is 3.22. The molecule has 1 aliphatic rings. The van der Waals surface area contributed by atoms with Gasteiger partial charge in [0.15, 0.2) is 0 Å². The summed E-state index contributed by atoms with van der Waals surface area (Å²) in [5.74, 6) is 0.924. The van der Waals surface area contributed by atoms with E-state index in [0.29, 0.717) is 0 Å². The summed E-state index contributed by atoms with van der Waals surface area (Å²) in [6.45, 7) is 9.72. The van der Waals surface area contributed by atoms with Crippen LogP contribution in [0.1, 0.15) is 32.3 Å². The number of aryl methyl sites for hydroxylation is 1. The number of H-pyrrole nitrogens is 1. The van der Waals surface area contributed by atoms with Crippen LogP contribution in [0.25, 0.3) is 10.9 Å². The zero-order valence-corrected chi connectivity index (χ0v) is 18.2. The minimum absolute atomic E-state index is 0.924. The van der Waals surface area contributed by atoms with Gasteiger partial charge in [-0.2, -0.15) is 0 Å². The van der Waals surface area contributed by atoms with Gasteiger partial charge in [0.25, 0.3) is 0 Å². The third-order valence-electron chi connectivity index (χ3n) is 5.66. The summed E-state index contributed by atoms with van der Waals surface area (Å²) in [4.78, 5) is 8.46. The van der Waals surface area contributed by atoms with E-state index >= 15 is 0 Å². The number of nitrogens with zero attached hydrogens (tertiary/aromatic N) is 2. The van der Waals surface area contributed by atoms with Crippen LogP contribution >= 0.6 is 0 Å². The summed E-state index contributed by atoms with van der Waals surface area (Å²) in [6, 6.07) is 17.0. The first kappa shape index (κ1) is 21.3. The number of nitrogens with one attached hydrogen (secondary N) is 1. The highest BCUT2D eigenvalue weighted by Crippen LogP contribution is 2.21. The van der Waals surface area contributed by atoms with Crippen LogP contribution in [0.4, 0.5) is 5.69 Å². The Hall–Kier alpha value is -2.46. The van der Waals surface area contributed by atoms with Gasteiger partial charge in [0.05, 0.1) is 7.11 Å². The van der Waals surface area contributed by atoms with Crippen LogP contribution in [0.5, 0.6) is 5.75 Å². The van der Waals surface area contributed by atoms with Crippen molar-refractivity contribution in [2.75, 3.05) is 44.7 Å². The Kier molecular flexibility index (Phi) is 8.00. The van der Waals surface area contributed by atoms with E-state index in [1.54, 1.807) is 7.11 Å². The van der Waals surface area contributed by atoms with Crippen molar-refractivity contribution in [3.05, 3.63) is 60.3 Å². The van der Waals surface area contributed by atoms with Crippen LogP contribution < -0.4 is 9.64 Å². The predicted octanol–water partition coefficient (Wildman–Crippen LogP) is 5.35. The number of unbranched alkanes of at least 4 members (excludes halogenated alkanes) is 1. The summed E-state index contributed by atoms with van der Waals surface area (Å²) < 4.78 is 5.25. The Labute approximate surface area is 175 Å². The van der Waals surface area contributed by atoms with Crippen molar-refractivity contribution in [2.45, 2.75) is 33.1 Å². The number of aromatic amines is 1. The molecule has 0 radical (unpaired) electrons. The summed E-state index contributed by atoms with van der Waals surface area (Å²) >= 11 is 0. The number of methoxy groups -OCH3 is 1. The van der Waals surface area contributed by atoms with E-state index in [-0.39, 0.29) is 0 Å². The van der Waals surface area contributed by atoms with Crippen LogP contribution in [0.15, 0.2) is 54.7 Å². The monoisotopic (exact) mass is 393 g/mol. The zero-order chi connectivity index (χ0) is 20.5. The van der Waals surface area contributed by atoms with Gasteiger partial charge in [-0.15, -0.1) is 0 Å². The van der Waals surface area contributed by atoms with Crippen molar-refractivity contribution in [2.24, 2.45) is 0 Å². The fraction of sp³-hybridized carbons (Fsp3) is 0.440. The largest absolute Gasteiger partial charge is 0.497 e. The lowest BCUT2D eigenvalue weighted by atomic mass is 10.1. The minimum Gasteiger partial charge on any atom is -0.497 e. The summed E-state index contributed by atoms with van der Waals surface area (Å²) in [5, 5.41) is 1.38. The van der Waals surface area contributed by atoms with Crippen molar-refractivity contribution in [3.8, 4) is 5.75 Å². The number of fused-ring (bicyclic) bond motifs is 1. The molecule has 29 heavy (non-hydrogen) atoms. The van der Waals surface area contributed by atoms with Crippen molar-refractivity contribution in [3.63, 3.8) is 0 Å². The number of hydrogen-bond acceptors (Lipinski definition) is 3. The number of para-hydroxylation sites is 1. The van der Waals surface area contributed by atoms with Gasteiger partial charge in [-0.1, -0.05) is 32.0 Å². The van der Waals surface area contributed by atoms with Crippen LogP contribution in [0.2, 0.25) is 0 Å². The fourth-order valence-corrected chi connectivity index (χ4v) is 4.01. The number of rotatable bonds is 7. The van der Waals surface area contributed by atoms with Gasteiger partial charge < -0.3 is 14.6 Å². The minimum atomic E-state index is 0.924. The fourth-order valence-electron chi connectivity index (χ4n) is 4.01. The highest BCUT2D eigenvalue weighted by Gasteiger charge is 2.16. The predicted molar refractivity (Wildman–Crippen MR) is 124 cm³/mol. The first-order valence-electron chi connectivity index (χ1n) is 11.0. The van der Waals surface area contributed by atoms with Crippen molar-refractivity contribution in [1.82, 2.24) is 9.88 Å². The highest BCUT2D eigenvalue weighted by atomic mass is 16.5. The molecular weight excluding hydrogens is 358 g/mol. The molecule has 0 aliphatic carbocycles. The Morgan fingerprint density at radius 2 is 1.62 bits per heavy atom. The van der Waals surface area contributed by atoms with Crippen LogP contribution in [-0.2, 0) is 6.42 Å². The molecule has 1 aliphatic heterocycles. The third-order valence-corrected chi connectivity index (χ3v) is 5.66. The van der Waals surface area contributed by atoms with Gasteiger partial charge in [-0.25, -0.2) is 0 Å². The molecule has 4 nitrogen and oxygen atoms in total. The van der Waals surface area contributed by atoms with Crippen molar-refractivity contribution >= 4 is 16.6 Å². The maximum atomic E-state index is 5.25. The smallest absolute Gasteiger partial charge is 0.119 e. The van der Waals surface area contributed by atoms with Gasteiger partial charge in [-0.3, -0.25) is 4.90 Å². The second-order valence-electron chi connectivity index (χ2n) is 7.34.